The van der Waals surface area contributed by atoms with Gasteiger partial charge in [-0.2, -0.15) is 0 Å². The van der Waals surface area contributed by atoms with Crippen LogP contribution < -0.4 is 23.3 Å². The van der Waals surface area contributed by atoms with Crippen molar-refractivity contribution in [2.75, 3.05) is 46.4 Å². The van der Waals surface area contributed by atoms with Gasteiger partial charge in [-0.15, -0.1) is 0 Å². The third-order valence-electron chi connectivity index (χ3n) is 5.49. The number of anilines is 1. The van der Waals surface area contributed by atoms with E-state index in [9.17, 15) is 18.0 Å². The Labute approximate surface area is 215 Å². The molecule has 0 fully saturated rings. The summed E-state index contributed by atoms with van der Waals surface area (Å²) in [5.41, 5.74) is 0.561. The van der Waals surface area contributed by atoms with Crippen LogP contribution in [-0.2, 0) is 14.8 Å². The number of benzene rings is 3. The summed E-state index contributed by atoms with van der Waals surface area (Å²) < 4.78 is 53.4. The number of hydrogen-bond donors (Lipinski definition) is 0. The van der Waals surface area contributed by atoms with Crippen LogP contribution in [0, 0.1) is 0 Å². The molecule has 0 N–H and O–H groups in total. The van der Waals surface area contributed by atoms with Gasteiger partial charge in [-0.05, 0) is 54.6 Å². The number of carbonyl (C=O) groups is 2. The zero-order valence-corrected chi connectivity index (χ0v) is 21.8. The average Bonchev–Trinajstić information content (AvgIpc) is 2.94. The van der Waals surface area contributed by atoms with Crippen molar-refractivity contribution in [2.45, 2.75) is 4.90 Å². The standard InChI is InChI=1S/C26H27NO9S/c1-27(19-9-11-20(32-2)12-10-19)37(30,31)21-8-6-7-17(13-21)26(29)36-16-22(28)18-14-23(33-3)25(35-5)24(15-18)34-4/h6-15H,16H2,1-5H3. The number of ether oxygens (including phenoxy) is 5. The lowest BCUT2D eigenvalue weighted by atomic mass is 10.1. The molecule has 3 aromatic carbocycles. The largest absolute Gasteiger partial charge is 0.497 e. The highest BCUT2D eigenvalue weighted by Gasteiger charge is 2.24. The van der Waals surface area contributed by atoms with Crippen molar-refractivity contribution in [1.82, 2.24) is 0 Å². The number of ketones is 1. The van der Waals surface area contributed by atoms with E-state index in [1.54, 1.807) is 24.3 Å². The summed E-state index contributed by atoms with van der Waals surface area (Å²) in [6.45, 7) is -0.583. The summed E-state index contributed by atoms with van der Waals surface area (Å²) in [6, 6.07) is 14.8. The molecule has 0 radical (unpaired) electrons. The number of hydrogen-bond acceptors (Lipinski definition) is 9. The van der Waals surface area contributed by atoms with Crippen LogP contribution in [0.3, 0.4) is 0 Å². The number of carbonyl (C=O) groups excluding carboxylic acids is 2. The Balaban J connectivity index is 1.76. The van der Waals surface area contributed by atoms with Gasteiger partial charge in [0.1, 0.15) is 5.75 Å². The summed E-state index contributed by atoms with van der Waals surface area (Å²) in [4.78, 5) is 25.2. The van der Waals surface area contributed by atoms with Crippen LogP contribution in [0.5, 0.6) is 23.0 Å². The van der Waals surface area contributed by atoms with E-state index < -0.39 is 28.4 Å². The summed E-state index contributed by atoms with van der Waals surface area (Å²) in [6.07, 6.45) is 0. The fraction of sp³-hybridized carbons (Fsp3) is 0.231. The van der Waals surface area contributed by atoms with Crippen LogP contribution >= 0.6 is 0 Å². The second kappa shape index (κ2) is 11.7. The first-order chi connectivity index (χ1) is 17.7. The second-order valence-electron chi connectivity index (χ2n) is 7.61. The lowest BCUT2D eigenvalue weighted by Gasteiger charge is -2.20. The van der Waals surface area contributed by atoms with Crippen molar-refractivity contribution >= 4 is 27.5 Å². The molecule has 0 saturated carbocycles. The summed E-state index contributed by atoms with van der Waals surface area (Å²) in [5.74, 6) is 0.0722. The predicted molar refractivity (Wildman–Crippen MR) is 136 cm³/mol. The quantitative estimate of drug-likeness (QED) is 0.271. The molecule has 0 heterocycles. The van der Waals surface area contributed by atoms with E-state index in [0.29, 0.717) is 17.2 Å². The molecule has 10 nitrogen and oxygen atoms in total. The van der Waals surface area contributed by atoms with Gasteiger partial charge in [0.15, 0.2) is 18.1 Å². The van der Waals surface area contributed by atoms with Gasteiger partial charge in [0.25, 0.3) is 10.0 Å². The first-order valence-corrected chi connectivity index (χ1v) is 12.3. The second-order valence-corrected chi connectivity index (χ2v) is 9.58. The molecular weight excluding hydrogens is 502 g/mol. The van der Waals surface area contributed by atoms with Gasteiger partial charge >= 0.3 is 5.97 Å². The van der Waals surface area contributed by atoms with Gasteiger partial charge < -0.3 is 23.7 Å². The number of rotatable bonds is 11. The molecule has 0 atom stereocenters. The van der Waals surface area contributed by atoms with Crippen molar-refractivity contribution in [3.8, 4) is 23.0 Å². The Bertz CT molecular complexity index is 1360. The molecule has 0 bridgehead atoms. The zero-order valence-electron chi connectivity index (χ0n) is 21.0. The van der Waals surface area contributed by atoms with E-state index >= 15 is 0 Å². The van der Waals surface area contributed by atoms with Gasteiger partial charge in [0, 0.05) is 12.6 Å². The Hall–Kier alpha value is -4.25. The van der Waals surface area contributed by atoms with Crippen molar-refractivity contribution in [2.24, 2.45) is 0 Å². The van der Waals surface area contributed by atoms with Gasteiger partial charge in [0.2, 0.25) is 11.5 Å². The fourth-order valence-electron chi connectivity index (χ4n) is 3.41. The number of nitrogens with zero attached hydrogens (tertiary/aromatic N) is 1. The normalized spacial score (nSPS) is 10.8. The number of methoxy groups -OCH3 is 4. The summed E-state index contributed by atoms with van der Waals surface area (Å²) in [5, 5.41) is 0. The molecule has 0 unspecified atom stereocenters. The van der Waals surface area contributed by atoms with Crippen molar-refractivity contribution in [3.05, 3.63) is 71.8 Å². The minimum Gasteiger partial charge on any atom is -0.497 e. The van der Waals surface area contributed by atoms with Crippen molar-refractivity contribution < 1.29 is 41.7 Å². The van der Waals surface area contributed by atoms with Crippen LogP contribution in [0.4, 0.5) is 5.69 Å². The minimum atomic E-state index is -3.99. The molecule has 0 aromatic heterocycles. The molecule has 11 heteroatoms. The maximum atomic E-state index is 13.1. The first-order valence-electron chi connectivity index (χ1n) is 10.9. The highest BCUT2D eigenvalue weighted by Crippen LogP contribution is 2.38. The Kier molecular flexibility index (Phi) is 8.61. The molecule has 0 aliphatic carbocycles. The highest BCUT2D eigenvalue weighted by atomic mass is 32.2. The highest BCUT2D eigenvalue weighted by molar-refractivity contribution is 7.92. The molecule has 0 amide bonds. The van der Waals surface area contributed by atoms with Crippen LogP contribution in [-0.4, -0.2) is 62.3 Å². The van der Waals surface area contributed by atoms with Gasteiger partial charge in [-0.25, -0.2) is 13.2 Å². The fourth-order valence-corrected chi connectivity index (χ4v) is 4.65. The predicted octanol–water partition coefficient (Wildman–Crippen LogP) is 3.59. The molecule has 0 aliphatic heterocycles. The maximum Gasteiger partial charge on any atom is 0.338 e. The average molecular weight is 530 g/mol. The van der Waals surface area contributed by atoms with Gasteiger partial charge in [-0.3, -0.25) is 9.10 Å². The smallest absolute Gasteiger partial charge is 0.338 e. The van der Waals surface area contributed by atoms with Crippen LogP contribution in [0.2, 0.25) is 0 Å². The minimum absolute atomic E-state index is 0.0260. The Morgan fingerprint density at radius 2 is 1.41 bits per heavy atom. The van der Waals surface area contributed by atoms with Crippen LogP contribution in [0.25, 0.3) is 0 Å². The number of Topliss-reactive ketones (excluding diaryl/α,β-unsaturated/α-hetero) is 1. The van der Waals surface area contributed by atoms with Crippen molar-refractivity contribution in [1.29, 1.82) is 0 Å². The van der Waals surface area contributed by atoms with E-state index in [1.165, 1.54) is 71.9 Å². The molecule has 37 heavy (non-hydrogen) atoms. The lowest BCUT2D eigenvalue weighted by Crippen LogP contribution is -2.26. The van der Waals surface area contributed by atoms with E-state index in [-0.39, 0.29) is 27.5 Å². The monoisotopic (exact) mass is 529 g/mol. The molecule has 3 aromatic rings. The van der Waals surface area contributed by atoms with Gasteiger partial charge in [0.05, 0.1) is 44.6 Å². The van der Waals surface area contributed by atoms with E-state index in [0.717, 1.165) is 4.31 Å². The third kappa shape index (κ3) is 5.95. The molecule has 0 spiro atoms. The number of sulfonamides is 1. The van der Waals surface area contributed by atoms with Crippen LogP contribution in [0.15, 0.2) is 65.6 Å². The first kappa shape index (κ1) is 27.3. The van der Waals surface area contributed by atoms with Crippen molar-refractivity contribution in [3.63, 3.8) is 0 Å². The summed E-state index contributed by atoms with van der Waals surface area (Å²) >= 11 is 0. The SMILES string of the molecule is COc1ccc(N(C)S(=O)(=O)c2cccc(C(=O)OCC(=O)c3cc(OC)c(OC)c(OC)c3)c2)cc1. The van der Waals surface area contributed by atoms with E-state index in [2.05, 4.69) is 0 Å². The molecule has 0 saturated heterocycles. The molecular formula is C26H27NO9S. The maximum absolute atomic E-state index is 13.1. The Morgan fingerprint density at radius 3 is 1.95 bits per heavy atom. The van der Waals surface area contributed by atoms with Gasteiger partial charge in [-0.1, -0.05) is 6.07 Å². The van der Waals surface area contributed by atoms with Crippen LogP contribution in [0.1, 0.15) is 20.7 Å². The molecule has 0 aliphatic rings. The molecule has 196 valence electrons. The topological polar surface area (TPSA) is 118 Å². The molecule has 3 rings (SSSR count). The zero-order chi connectivity index (χ0) is 27.2. The summed E-state index contributed by atoms with van der Waals surface area (Å²) in [7, 11) is 3.20. The van der Waals surface area contributed by atoms with E-state index in [1.807, 2.05) is 0 Å². The lowest BCUT2D eigenvalue weighted by molar-refractivity contribution is 0.0474. The third-order valence-corrected chi connectivity index (χ3v) is 7.27. The number of esters is 1. The van der Waals surface area contributed by atoms with E-state index in [4.69, 9.17) is 23.7 Å². The Morgan fingerprint density at radius 1 is 0.784 bits per heavy atom.